The Morgan fingerprint density at radius 2 is 1.09 bits per heavy atom. The van der Waals surface area contributed by atoms with Crippen LogP contribution < -0.4 is 0 Å². The van der Waals surface area contributed by atoms with E-state index in [0.29, 0.717) is 38.5 Å². The second-order valence-electron chi connectivity index (χ2n) is 31.2. The summed E-state index contributed by atoms with van der Waals surface area (Å²) in [5.41, 5.74) is -4.62. The van der Waals surface area contributed by atoms with Crippen LogP contribution in [-0.4, -0.2) is 309 Å². The molecule has 0 aromatic carbocycles. The summed E-state index contributed by atoms with van der Waals surface area (Å²) in [4.78, 5) is 42.9. The van der Waals surface area contributed by atoms with Crippen molar-refractivity contribution in [2.45, 2.75) is 310 Å². The fraction of sp³-hybridized carbons (Fsp3) is 0.923. The van der Waals surface area contributed by atoms with Gasteiger partial charge in [-0.15, -0.1) is 0 Å². The van der Waals surface area contributed by atoms with E-state index in [1.165, 1.54) is 20.8 Å². The van der Waals surface area contributed by atoms with E-state index in [2.05, 4.69) is 40.7 Å². The molecule has 0 amide bonds. The highest BCUT2D eigenvalue weighted by molar-refractivity contribution is 5.80. The van der Waals surface area contributed by atoms with Crippen molar-refractivity contribution in [3.05, 3.63) is 11.6 Å². The molecule has 0 unspecified atom stereocenters. The van der Waals surface area contributed by atoms with Crippen molar-refractivity contribution in [1.82, 2.24) is 0 Å². The summed E-state index contributed by atoms with van der Waals surface area (Å²) in [5.74, 6) is -3.93. The highest BCUT2D eigenvalue weighted by Gasteiger charge is 2.73. The molecule has 11 rings (SSSR count). The molecule has 0 spiro atoms. The Bertz CT molecular complexity index is 2840. The van der Waals surface area contributed by atoms with Gasteiger partial charge >= 0.3 is 11.9 Å². The molecule has 0 aromatic rings. The van der Waals surface area contributed by atoms with Gasteiger partial charge in [0.2, 0.25) is 6.29 Å². The normalized spacial score (nSPS) is 55.4. The molecule has 5 aliphatic carbocycles. The SMILES string of the molecule is C[C@@H]1O[C@@H](O[C@H]2[C@H](O)[C@@H](C(=O)O)O[C@@H](O[C@H]3CC[C@]4(C)[C@H]5CC=C6[C@@H]7CC(C)(C)CC[C@]7(C(=O)O[C@@H]7O[C@H](C)[C@H](O)[C@H](O)[C@H]7O[C@@H]7O[C@@H](C)[C@H](O[C@@H]8OC[C@@H](O)[C@H](O)[C@H]8O)[C@@H](O)[C@H]7O)[C@H](O)C[C@@]6(C)[C@]5(C)CC[C@H]4[C@]3(C)C=O)[C@@H]2O[C@@H]2O[C@H](CO)[C@H](O)[C@H](O)[C@H]2O)[C@H](O)[C@H](O)[C@H]1O. The van der Waals surface area contributed by atoms with Crippen molar-refractivity contribution in [3.63, 3.8) is 0 Å². The predicted molar refractivity (Wildman–Crippen MR) is 320 cm³/mol. The smallest absolute Gasteiger partial charge is 0.335 e. The number of hydrogen-bond acceptors (Lipinski definition) is 31. The molecular formula is C65H102O32. The topological polar surface area (TPSA) is 506 Å². The molecule has 554 valence electrons. The minimum atomic E-state index is -2.22. The van der Waals surface area contributed by atoms with E-state index in [4.69, 9.17) is 56.8 Å². The van der Waals surface area contributed by atoms with Gasteiger partial charge in [-0.1, -0.05) is 53.2 Å². The number of aliphatic hydroxyl groups excluding tert-OH is 16. The van der Waals surface area contributed by atoms with Gasteiger partial charge in [-0.25, -0.2) is 4.79 Å². The predicted octanol–water partition coefficient (Wildman–Crippen LogP) is -4.42. The van der Waals surface area contributed by atoms with Crippen molar-refractivity contribution in [3.8, 4) is 0 Å². The molecule has 6 heterocycles. The number of carbonyl (C=O) groups excluding carboxylic acids is 2. The van der Waals surface area contributed by atoms with Crippen LogP contribution in [0, 0.1) is 50.2 Å². The maximum Gasteiger partial charge on any atom is 0.335 e. The van der Waals surface area contributed by atoms with Gasteiger partial charge in [-0.05, 0) is 118 Å². The molecule has 32 heteroatoms. The molecule has 17 N–H and O–H groups in total. The van der Waals surface area contributed by atoms with Crippen LogP contribution in [0.1, 0.15) is 120 Å². The van der Waals surface area contributed by atoms with E-state index in [1.54, 1.807) is 6.92 Å². The zero-order valence-corrected chi connectivity index (χ0v) is 55.8. The van der Waals surface area contributed by atoms with Gasteiger partial charge in [0.25, 0.3) is 0 Å². The summed E-state index contributed by atoms with van der Waals surface area (Å²) < 4.78 is 72.2. The largest absolute Gasteiger partial charge is 0.479 e. The molecule has 32 nitrogen and oxygen atoms in total. The molecule has 6 saturated heterocycles. The number of carboxylic acid groups (broad SMARTS) is 1. The van der Waals surface area contributed by atoms with Crippen molar-refractivity contribution in [1.29, 1.82) is 0 Å². The molecule has 0 aromatic heterocycles. The van der Waals surface area contributed by atoms with Crippen LogP contribution in [0.4, 0.5) is 0 Å². The average molecular weight is 1400 g/mol. The van der Waals surface area contributed by atoms with Crippen LogP contribution >= 0.6 is 0 Å². The first-order valence-electron chi connectivity index (χ1n) is 33.9. The Morgan fingerprint density at radius 1 is 0.536 bits per heavy atom. The standard InChI is InChI=1S/C65H102O32/c1-23-34(70)38(74)43(79)54(87-23)93-48-46(82)49(52(83)84)94-58(51(48)96-56-44(80)39(75)37(73)29(20-66)90-56)91-33-13-14-61(6)30(62(33,7)22-67)12-15-63(8)31(61)11-10-26-27-18-60(4,5)16-17-65(27,32(69)19-64(26,63)9)59(85)97-57-50(40(76)35(71)24(2)88-57)95-55-45(81)41(77)47(25(3)89-55)92-53-42(78)36(72)28(68)21-86-53/h10,22-25,27-51,53-58,66,68-82H,11-21H2,1-9H3,(H,83,84)/t23-,24+,25-,27-,28+,29+,30+,31+,32+,33-,34-,35-,36-,37-,38+,39-,40-,41-,42+,43+,44+,45+,46-,47-,48-,49-,50+,51+,53-,54-,55-,56-,57-,58+,61-,62-,63+,64+,65+/m0/s1. The molecule has 39 atom stereocenters. The molecule has 97 heavy (non-hydrogen) atoms. The zero-order valence-electron chi connectivity index (χ0n) is 55.8. The number of esters is 1. The third-order valence-electron chi connectivity index (χ3n) is 25.1. The lowest BCUT2D eigenvalue weighted by molar-refractivity contribution is -0.394. The summed E-state index contributed by atoms with van der Waals surface area (Å²) in [6, 6.07) is 0. The van der Waals surface area contributed by atoms with Crippen LogP contribution in [0.5, 0.6) is 0 Å². The molecule has 6 aliphatic heterocycles. The Balaban J connectivity index is 0.858. The Hall–Kier alpha value is -2.73. The fourth-order valence-corrected chi connectivity index (χ4v) is 19.0. The molecule has 0 radical (unpaired) electrons. The van der Waals surface area contributed by atoms with E-state index in [9.17, 15) is 96.4 Å². The van der Waals surface area contributed by atoms with E-state index < -0.39 is 254 Å². The number of carbonyl (C=O) groups is 3. The van der Waals surface area contributed by atoms with Gasteiger partial charge in [0, 0.05) is 0 Å². The van der Waals surface area contributed by atoms with Gasteiger partial charge in [0.05, 0.1) is 49.1 Å². The van der Waals surface area contributed by atoms with Gasteiger partial charge in [0.1, 0.15) is 122 Å². The van der Waals surface area contributed by atoms with Crippen molar-refractivity contribution < 1.29 is 158 Å². The number of aliphatic carboxylic acids is 1. The number of aldehydes is 1. The van der Waals surface area contributed by atoms with Crippen LogP contribution in [-0.2, 0) is 71.2 Å². The number of rotatable bonds is 15. The van der Waals surface area contributed by atoms with Crippen LogP contribution in [0.3, 0.4) is 0 Å². The van der Waals surface area contributed by atoms with E-state index in [0.717, 1.165) is 11.9 Å². The summed E-state index contributed by atoms with van der Waals surface area (Å²) >= 11 is 0. The third kappa shape index (κ3) is 12.6. The molecule has 0 bridgehead atoms. The number of carboxylic acids is 1. The van der Waals surface area contributed by atoms with Gasteiger partial charge in [0.15, 0.2) is 43.7 Å². The maximum absolute atomic E-state index is 15.6. The minimum absolute atomic E-state index is 0.0676. The molecule has 4 saturated carbocycles. The number of allylic oxidation sites excluding steroid dienone is 2. The van der Waals surface area contributed by atoms with Crippen molar-refractivity contribution in [2.24, 2.45) is 50.2 Å². The molecule has 10 fully saturated rings. The zero-order chi connectivity index (χ0) is 71.0. The summed E-state index contributed by atoms with van der Waals surface area (Å²) in [5, 5.41) is 187. The first-order valence-corrected chi connectivity index (χ1v) is 33.9. The second-order valence-corrected chi connectivity index (χ2v) is 31.2. The summed E-state index contributed by atoms with van der Waals surface area (Å²) in [6.07, 6.45) is -47.6. The fourth-order valence-electron chi connectivity index (χ4n) is 19.0. The van der Waals surface area contributed by atoms with Gasteiger partial charge in [-0.2, -0.15) is 0 Å². The van der Waals surface area contributed by atoms with Crippen LogP contribution in [0.15, 0.2) is 11.6 Å². The Labute approximate surface area is 560 Å². The Kier molecular flexibility index (Phi) is 21.6. The van der Waals surface area contributed by atoms with Crippen LogP contribution in [0.25, 0.3) is 0 Å². The first kappa shape index (κ1) is 75.4. The lowest BCUT2D eigenvalue weighted by Gasteiger charge is -2.71. The van der Waals surface area contributed by atoms with E-state index >= 15 is 4.79 Å². The summed E-state index contributed by atoms with van der Waals surface area (Å²) in [6.45, 7) is 15.2. The van der Waals surface area contributed by atoms with Crippen molar-refractivity contribution in [2.75, 3.05) is 13.2 Å². The summed E-state index contributed by atoms with van der Waals surface area (Å²) in [7, 11) is 0. The second kappa shape index (κ2) is 27.7. The van der Waals surface area contributed by atoms with E-state index in [1.807, 2.05) is 0 Å². The minimum Gasteiger partial charge on any atom is -0.479 e. The van der Waals surface area contributed by atoms with Crippen LogP contribution in [0.2, 0.25) is 0 Å². The number of aliphatic hydroxyl groups is 16. The Morgan fingerprint density at radius 3 is 1.73 bits per heavy atom. The highest BCUT2D eigenvalue weighted by atomic mass is 16.8. The lowest BCUT2D eigenvalue weighted by Crippen LogP contribution is -2.69. The monoisotopic (exact) mass is 1390 g/mol. The van der Waals surface area contributed by atoms with E-state index in [-0.39, 0.29) is 30.6 Å². The number of hydrogen-bond donors (Lipinski definition) is 17. The lowest BCUT2D eigenvalue weighted by atomic mass is 9.33. The maximum atomic E-state index is 15.6. The molecular weight excluding hydrogens is 1290 g/mol. The van der Waals surface area contributed by atoms with Gasteiger partial charge in [-0.3, -0.25) is 4.79 Å². The first-order chi connectivity index (χ1) is 45.4. The highest BCUT2D eigenvalue weighted by Crippen LogP contribution is 2.76. The quantitative estimate of drug-likeness (QED) is 0.0318. The number of fused-ring (bicyclic) bond motifs is 7. The van der Waals surface area contributed by atoms with Crippen molar-refractivity contribution >= 4 is 18.2 Å². The average Bonchev–Trinajstić information content (AvgIpc) is 0.670. The number of ether oxygens (including phenoxy) is 12. The van der Waals surface area contributed by atoms with Gasteiger partial charge < -0.3 is 148 Å². The molecule has 11 aliphatic rings. The third-order valence-corrected chi connectivity index (χ3v) is 25.1.